The van der Waals surface area contributed by atoms with Crippen molar-refractivity contribution in [3.63, 3.8) is 0 Å². The van der Waals surface area contributed by atoms with Gasteiger partial charge in [0.25, 0.3) is 0 Å². The number of nitrogens with zero attached hydrogens (tertiary/aromatic N) is 2. The number of hydrogen-bond donors (Lipinski definition) is 0. The summed E-state index contributed by atoms with van der Waals surface area (Å²) in [5, 5.41) is 0. The zero-order chi connectivity index (χ0) is 31.9. The van der Waals surface area contributed by atoms with E-state index >= 15 is 0 Å². The van der Waals surface area contributed by atoms with Crippen molar-refractivity contribution in [3.05, 3.63) is 157 Å². The summed E-state index contributed by atoms with van der Waals surface area (Å²) in [6, 6.07) is 47.7. The highest BCUT2D eigenvalue weighted by Gasteiger charge is 2.15. The summed E-state index contributed by atoms with van der Waals surface area (Å²) in [7, 11) is 3.33. The van der Waals surface area contributed by atoms with Gasteiger partial charge >= 0.3 is 0 Å². The Morgan fingerprint density at radius 3 is 0.848 bits per heavy atom. The number of carbonyl (C=O) groups excluding carboxylic acids is 2. The van der Waals surface area contributed by atoms with Gasteiger partial charge in [0.1, 0.15) is 24.1 Å². The van der Waals surface area contributed by atoms with Crippen molar-refractivity contribution in [2.45, 2.75) is 0 Å². The summed E-state index contributed by atoms with van der Waals surface area (Å²) in [4.78, 5) is 26.8. The molecule has 6 heteroatoms. The van der Waals surface area contributed by atoms with Crippen LogP contribution < -0.4 is 19.3 Å². The number of rotatable bonds is 11. The molecule has 0 aliphatic carbocycles. The molecule has 6 rings (SSSR count). The van der Waals surface area contributed by atoms with Crippen LogP contribution in [0.4, 0.5) is 34.1 Å². The van der Waals surface area contributed by atoms with Crippen LogP contribution in [-0.4, -0.2) is 26.8 Å². The minimum Gasteiger partial charge on any atom is -0.497 e. The summed E-state index contributed by atoms with van der Waals surface area (Å²) in [6.45, 7) is 0. The molecule has 0 fully saturated rings. The third-order valence-corrected chi connectivity index (χ3v) is 7.82. The number of methoxy groups -OCH3 is 2. The van der Waals surface area contributed by atoms with Crippen LogP contribution in [0.5, 0.6) is 11.5 Å². The summed E-state index contributed by atoms with van der Waals surface area (Å²) in [6.07, 6.45) is 1.67. The van der Waals surface area contributed by atoms with Gasteiger partial charge in [-0.25, -0.2) is 0 Å². The standard InChI is InChI=1S/C40H32N2O4/c1-45-39-23-19-37(20-24-39)42(38-21-25-40(46-2)26-22-38)36-17-9-32(10-18-36)31-7-15-35(16-8-31)41(33-11-3-29(27-43)4-12-33)34-13-5-30(28-44)6-14-34/h3-28H,1-2H3. The van der Waals surface area contributed by atoms with Gasteiger partial charge < -0.3 is 19.3 Å². The number of ether oxygens (including phenoxy) is 2. The second-order valence-corrected chi connectivity index (χ2v) is 10.6. The summed E-state index contributed by atoms with van der Waals surface area (Å²) >= 11 is 0. The van der Waals surface area contributed by atoms with Gasteiger partial charge in [-0.3, -0.25) is 9.59 Å². The van der Waals surface area contributed by atoms with Crippen LogP contribution in [0.3, 0.4) is 0 Å². The number of hydrogen-bond acceptors (Lipinski definition) is 6. The van der Waals surface area contributed by atoms with E-state index in [1.54, 1.807) is 38.5 Å². The fraction of sp³-hybridized carbons (Fsp3) is 0.0500. The normalized spacial score (nSPS) is 10.6. The van der Waals surface area contributed by atoms with Gasteiger partial charge in [-0.1, -0.05) is 24.3 Å². The SMILES string of the molecule is COc1ccc(N(c2ccc(OC)cc2)c2ccc(-c3ccc(N(c4ccc(C=O)cc4)c4ccc(C=O)cc4)cc3)cc2)cc1. The third-order valence-electron chi connectivity index (χ3n) is 7.82. The Morgan fingerprint density at radius 1 is 0.370 bits per heavy atom. The second-order valence-electron chi connectivity index (χ2n) is 10.6. The first kappa shape index (κ1) is 29.9. The predicted octanol–water partition coefficient (Wildman–Crippen LogP) is 9.94. The zero-order valence-corrected chi connectivity index (χ0v) is 25.5. The fourth-order valence-corrected chi connectivity index (χ4v) is 5.37. The average Bonchev–Trinajstić information content (AvgIpc) is 3.13. The molecule has 6 aromatic rings. The van der Waals surface area contributed by atoms with Gasteiger partial charge in [-0.15, -0.1) is 0 Å². The molecule has 0 saturated carbocycles. The number of carbonyl (C=O) groups is 2. The number of benzene rings is 6. The van der Waals surface area contributed by atoms with Crippen molar-refractivity contribution in [2.75, 3.05) is 24.0 Å². The van der Waals surface area contributed by atoms with E-state index in [-0.39, 0.29) is 0 Å². The number of anilines is 6. The molecule has 0 amide bonds. The molecule has 0 aliphatic rings. The summed E-state index contributed by atoms with van der Waals surface area (Å²) < 4.78 is 10.8. The lowest BCUT2D eigenvalue weighted by Crippen LogP contribution is -2.10. The summed E-state index contributed by atoms with van der Waals surface area (Å²) in [5.74, 6) is 1.60. The minimum absolute atomic E-state index is 0.608. The van der Waals surface area contributed by atoms with Crippen molar-refractivity contribution in [2.24, 2.45) is 0 Å². The quantitative estimate of drug-likeness (QED) is 0.137. The van der Waals surface area contributed by atoms with Crippen molar-refractivity contribution in [1.29, 1.82) is 0 Å². The van der Waals surface area contributed by atoms with Crippen molar-refractivity contribution >= 4 is 46.7 Å². The molecule has 0 spiro atoms. The Kier molecular flexibility index (Phi) is 8.88. The maximum absolute atomic E-state index is 11.3. The molecule has 0 bridgehead atoms. The lowest BCUT2D eigenvalue weighted by atomic mass is 10.0. The monoisotopic (exact) mass is 604 g/mol. The number of aldehydes is 2. The molecular weight excluding hydrogens is 572 g/mol. The Balaban J connectivity index is 1.31. The Morgan fingerprint density at radius 2 is 0.609 bits per heavy atom. The molecule has 6 nitrogen and oxygen atoms in total. The lowest BCUT2D eigenvalue weighted by Gasteiger charge is -2.26. The molecule has 0 N–H and O–H groups in total. The van der Waals surface area contributed by atoms with E-state index in [1.165, 1.54) is 0 Å². The molecule has 0 unspecified atom stereocenters. The maximum atomic E-state index is 11.3. The minimum atomic E-state index is 0.608. The van der Waals surface area contributed by atoms with E-state index in [2.05, 4.69) is 58.3 Å². The van der Waals surface area contributed by atoms with E-state index in [0.29, 0.717) is 11.1 Å². The van der Waals surface area contributed by atoms with Gasteiger partial charge in [0.2, 0.25) is 0 Å². The smallest absolute Gasteiger partial charge is 0.150 e. The highest BCUT2D eigenvalue weighted by Crippen LogP contribution is 2.38. The fourth-order valence-electron chi connectivity index (χ4n) is 5.37. The Bertz CT molecular complexity index is 1800. The first-order valence-electron chi connectivity index (χ1n) is 14.8. The summed E-state index contributed by atoms with van der Waals surface area (Å²) in [5.41, 5.74) is 9.14. The van der Waals surface area contributed by atoms with E-state index < -0.39 is 0 Å². The topological polar surface area (TPSA) is 59.1 Å². The van der Waals surface area contributed by atoms with Crippen LogP contribution in [0.25, 0.3) is 11.1 Å². The largest absolute Gasteiger partial charge is 0.497 e. The molecule has 46 heavy (non-hydrogen) atoms. The van der Waals surface area contributed by atoms with Gasteiger partial charge in [-0.05, 0) is 132 Å². The van der Waals surface area contributed by atoms with E-state index in [0.717, 1.165) is 69.3 Å². The molecule has 0 saturated heterocycles. The van der Waals surface area contributed by atoms with Gasteiger partial charge in [0.15, 0.2) is 0 Å². The van der Waals surface area contributed by atoms with Crippen LogP contribution in [0.2, 0.25) is 0 Å². The predicted molar refractivity (Wildman–Crippen MR) is 185 cm³/mol. The van der Waals surface area contributed by atoms with Crippen molar-refractivity contribution < 1.29 is 19.1 Å². The Labute approximate surface area is 268 Å². The molecule has 226 valence electrons. The van der Waals surface area contributed by atoms with E-state index in [4.69, 9.17) is 9.47 Å². The third kappa shape index (κ3) is 6.37. The van der Waals surface area contributed by atoms with Crippen LogP contribution >= 0.6 is 0 Å². The maximum Gasteiger partial charge on any atom is 0.150 e. The first-order valence-corrected chi connectivity index (χ1v) is 14.8. The van der Waals surface area contributed by atoms with Crippen molar-refractivity contribution in [3.8, 4) is 22.6 Å². The van der Waals surface area contributed by atoms with E-state index in [1.807, 2.05) is 72.8 Å². The van der Waals surface area contributed by atoms with Gasteiger partial charge in [0, 0.05) is 45.3 Å². The Hall–Kier alpha value is -6.14. The molecule has 0 aromatic heterocycles. The highest BCUT2D eigenvalue weighted by molar-refractivity contribution is 5.83. The van der Waals surface area contributed by atoms with Gasteiger partial charge in [0.05, 0.1) is 14.2 Å². The van der Waals surface area contributed by atoms with Crippen LogP contribution in [0, 0.1) is 0 Å². The first-order chi connectivity index (χ1) is 22.6. The lowest BCUT2D eigenvalue weighted by molar-refractivity contribution is 0.111. The molecule has 0 radical (unpaired) electrons. The van der Waals surface area contributed by atoms with Crippen LogP contribution in [0.1, 0.15) is 20.7 Å². The van der Waals surface area contributed by atoms with Crippen molar-refractivity contribution in [1.82, 2.24) is 0 Å². The van der Waals surface area contributed by atoms with Crippen LogP contribution in [0.15, 0.2) is 146 Å². The molecule has 0 heterocycles. The average molecular weight is 605 g/mol. The van der Waals surface area contributed by atoms with Crippen LogP contribution in [-0.2, 0) is 0 Å². The molecular formula is C40H32N2O4. The molecule has 6 aromatic carbocycles. The van der Waals surface area contributed by atoms with Gasteiger partial charge in [-0.2, -0.15) is 0 Å². The second kappa shape index (κ2) is 13.7. The highest BCUT2D eigenvalue weighted by atomic mass is 16.5. The molecule has 0 atom stereocenters. The van der Waals surface area contributed by atoms with E-state index in [9.17, 15) is 9.59 Å². The zero-order valence-electron chi connectivity index (χ0n) is 25.5. The molecule has 0 aliphatic heterocycles.